The third kappa shape index (κ3) is 7.01. The quantitative estimate of drug-likeness (QED) is 0.428. The smallest absolute Gasteiger partial charge is 0.408 e. The lowest BCUT2D eigenvalue weighted by atomic mass is 9.98. The van der Waals surface area contributed by atoms with Crippen LogP contribution in [0.4, 0.5) is 9.18 Å². The number of piperazine rings is 1. The molecular formula is C30H39FN6O4. The fraction of sp³-hybridized carbons (Fsp3) is 0.500. The average Bonchev–Trinajstić information content (AvgIpc) is 3.50. The molecule has 2 aromatic rings. The highest BCUT2D eigenvalue weighted by Crippen LogP contribution is 2.38. The molecule has 0 spiro atoms. The van der Waals surface area contributed by atoms with Crippen molar-refractivity contribution < 1.29 is 23.5 Å². The van der Waals surface area contributed by atoms with Gasteiger partial charge >= 0.3 is 6.09 Å². The van der Waals surface area contributed by atoms with Gasteiger partial charge in [0.1, 0.15) is 28.5 Å². The van der Waals surface area contributed by atoms with E-state index in [0.29, 0.717) is 49.6 Å². The topological polar surface area (TPSA) is 131 Å². The molecule has 1 aromatic carbocycles. The largest absolute Gasteiger partial charge is 0.444 e. The van der Waals surface area contributed by atoms with Crippen LogP contribution in [0.1, 0.15) is 76.3 Å². The van der Waals surface area contributed by atoms with Crippen LogP contribution in [0, 0.1) is 17.1 Å². The number of halogens is 1. The van der Waals surface area contributed by atoms with Crippen molar-refractivity contribution in [2.75, 3.05) is 19.6 Å². The highest BCUT2D eigenvalue weighted by molar-refractivity contribution is 6.10. The third-order valence-corrected chi connectivity index (χ3v) is 7.23. The highest BCUT2D eigenvalue weighted by atomic mass is 19.1. The number of alkyl carbamates (subject to hydrolysis) is 1. The Morgan fingerprint density at radius 3 is 2.41 bits per heavy atom. The highest BCUT2D eigenvalue weighted by Gasteiger charge is 2.54. The molecule has 0 radical (unpaired) electrons. The maximum atomic E-state index is 13.4. The molecule has 4 rings (SSSR count). The number of nitrogens with one attached hydrogen (secondary N) is 3. The Morgan fingerprint density at radius 2 is 1.85 bits per heavy atom. The first-order valence-electron chi connectivity index (χ1n) is 13.9. The number of hydrogen-bond donors (Lipinski definition) is 3. The minimum absolute atomic E-state index is 0.00325. The van der Waals surface area contributed by atoms with Gasteiger partial charge in [0.05, 0.1) is 11.9 Å². The van der Waals surface area contributed by atoms with Gasteiger partial charge in [-0.05, 0) is 87.9 Å². The third-order valence-electron chi connectivity index (χ3n) is 7.23. The number of aromatic amines is 1. The van der Waals surface area contributed by atoms with E-state index < -0.39 is 17.2 Å². The van der Waals surface area contributed by atoms with Crippen LogP contribution in [0.2, 0.25) is 0 Å². The molecule has 3 N–H and O–H groups in total. The second-order valence-electron chi connectivity index (χ2n) is 12.1. The first-order valence-corrected chi connectivity index (χ1v) is 13.9. The Kier molecular flexibility index (Phi) is 8.37. The van der Waals surface area contributed by atoms with Crippen molar-refractivity contribution in [2.24, 2.45) is 5.92 Å². The van der Waals surface area contributed by atoms with E-state index in [-0.39, 0.29) is 35.3 Å². The molecule has 1 aliphatic heterocycles. The molecule has 41 heavy (non-hydrogen) atoms. The van der Waals surface area contributed by atoms with E-state index in [2.05, 4.69) is 15.3 Å². The summed E-state index contributed by atoms with van der Waals surface area (Å²) in [6.07, 6.45) is 3.66. The van der Waals surface area contributed by atoms with Crippen LogP contribution >= 0.6 is 0 Å². The Balaban J connectivity index is 1.41. The van der Waals surface area contributed by atoms with Crippen LogP contribution in [0.25, 0.3) is 5.57 Å². The number of ether oxygens (including phenoxy) is 1. The van der Waals surface area contributed by atoms with Crippen molar-refractivity contribution in [3.8, 4) is 0 Å². The number of aromatic nitrogens is 2. The van der Waals surface area contributed by atoms with Gasteiger partial charge in [-0.2, -0.15) is 0 Å². The summed E-state index contributed by atoms with van der Waals surface area (Å²) in [5, 5.41) is 11.2. The minimum Gasteiger partial charge on any atom is -0.444 e. The Morgan fingerprint density at radius 1 is 1.20 bits per heavy atom. The van der Waals surface area contributed by atoms with Gasteiger partial charge in [0.15, 0.2) is 0 Å². The molecule has 11 heteroatoms. The molecular weight excluding hydrogens is 527 g/mol. The summed E-state index contributed by atoms with van der Waals surface area (Å²) in [7, 11) is 0. The lowest BCUT2D eigenvalue weighted by Crippen LogP contribution is -2.60. The SMILES string of the molecule is CC(C)/C(=C/C(=N)c1ccc(F)cc1)c1ncc(C(=O)N2CCN(C(=O)C3(NC(=O)OC(C)(C)C)CC3)C(C)C2)[nH]1. The predicted molar refractivity (Wildman–Crippen MR) is 153 cm³/mol. The Hall–Kier alpha value is -4.02. The zero-order valence-electron chi connectivity index (χ0n) is 24.5. The zero-order valence-corrected chi connectivity index (χ0v) is 24.5. The van der Waals surface area contributed by atoms with Gasteiger partial charge in [-0.1, -0.05) is 13.8 Å². The molecule has 1 atom stereocenters. The summed E-state index contributed by atoms with van der Waals surface area (Å²) < 4.78 is 18.6. The minimum atomic E-state index is -0.942. The lowest BCUT2D eigenvalue weighted by molar-refractivity contribution is -0.138. The summed E-state index contributed by atoms with van der Waals surface area (Å²) in [6, 6.07) is 5.48. The first-order chi connectivity index (χ1) is 19.2. The molecule has 1 saturated heterocycles. The maximum absolute atomic E-state index is 13.4. The van der Waals surface area contributed by atoms with Gasteiger partial charge in [0.25, 0.3) is 5.91 Å². The normalized spacial score (nSPS) is 18.7. The van der Waals surface area contributed by atoms with Gasteiger partial charge < -0.3 is 30.2 Å². The van der Waals surface area contributed by atoms with Crippen molar-refractivity contribution in [3.63, 3.8) is 0 Å². The van der Waals surface area contributed by atoms with Crippen LogP contribution < -0.4 is 5.32 Å². The Labute approximate surface area is 239 Å². The summed E-state index contributed by atoms with van der Waals surface area (Å²) in [5.74, 6) is -0.258. The Bertz CT molecular complexity index is 1350. The number of carbonyl (C=O) groups excluding carboxylic acids is 3. The molecule has 220 valence electrons. The number of hydrogen-bond acceptors (Lipinski definition) is 6. The number of amides is 3. The molecule has 1 saturated carbocycles. The molecule has 2 fully saturated rings. The van der Waals surface area contributed by atoms with E-state index in [1.54, 1.807) is 48.8 Å². The number of carbonyl (C=O) groups is 3. The van der Waals surface area contributed by atoms with Gasteiger partial charge in [-0.25, -0.2) is 14.2 Å². The van der Waals surface area contributed by atoms with Crippen molar-refractivity contribution in [1.82, 2.24) is 25.1 Å². The number of imidazole rings is 1. The van der Waals surface area contributed by atoms with Crippen molar-refractivity contribution in [3.05, 3.63) is 59.4 Å². The molecule has 1 unspecified atom stereocenters. The molecule has 1 aliphatic carbocycles. The monoisotopic (exact) mass is 566 g/mol. The molecule has 0 bridgehead atoms. The lowest BCUT2D eigenvalue weighted by Gasteiger charge is -2.41. The van der Waals surface area contributed by atoms with Gasteiger partial charge in [0, 0.05) is 25.7 Å². The molecule has 3 amide bonds. The summed E-state index contributed by atoms with van der Waals surface area (Å²) in [5.41, 5.74) is 0.240. The average molecular weight is 567 g/mol. The van der Waals surface area contributed by atoms with E-state index in [1.807, 2.05) is 20.8 Å². The molecule has 2 heterocycles. The van der Waals surface area contributed by atoms with Crippen LogP contribution in [-0.4, -0.2) is 80.2 Å². The van der Waals surface area contributed by atoms with E-state index in [9.17, 15) is 18.8 Å². The van der Waals surface area contributed by atoms with E-state index in [4.69, 9.17) is 10.1 Å². The van der Waals surface area contributed by atoms with Crippen LogP contribution in [-0.2, 0) is 9.53 Å². The van der Waals surface area contributed by atoms with Crippen molar-refractivity contribution in [1.29, 1.82) is 5.41 Å². The van der Waals surface area contributed by atoms with E-state index in [1.165, 1.54) is 18.3 Å². The van der Waals surface area contributed by atoms with Crippen LogP contribution in [0.5, 0.6) is 0 Å². The molecule has 10 nitrogen and oxygen atoms in total. The maximum Gasteiger partial charge on any atom is 0.408 e. The standard InChI is InChI=1S/C30H39FN6O4/c1-18(2)22(15-23(32)20-7-9-21(31)10-8-20)25-33-16-24(34-25)26(38)36-13-14-37(19(3)17-36)27(39)30(11-12-30)35-28(40)41-29(4,5)6/h7-10,15-16,18-19,32H,11-14,17H2,1-6H3,(H,33,34)(H,35,40)/b22-15-,32-23?. The van der Waals surface area contributed by atoms with Crippen molar-refractivity contribution in [2.45, 2.75) is 71.6 Å². The number of benzene rings is 1. The number of rotatable bonds is 7. The summed E-state index contributed by atoms with van der Waals surface area (Å²) in [6.45, 7) is 12.2. The first kappa shape index (κ1) is 30.0. The van der Waals surface area contributed by atoms with Crippen molar-refractivity contribution >= 4 is 29.2 Å². The van der Waals surface area contributed by atoms with E-state index in [0.717, 1.165) is 5.57 Å². The summed E-state index contributed by atoms with van der Waals surface area (Å²) >= 11 is 0. The summed E-state index contributed by atoms with van der Waals surface area (Å²) in [4.78, 5) is 50.0. The van der Waals surface area contributed by atoms with Gasteiger partial charge in [-0.3, -0.25) is 9.59 Å². The fourth-order valence-corrected chi connectivity index (χ4v) is 4.86. The number of nitrogens with zero attached hydrogens (tertiary/aromatic N) is 3. The zero-order chi connectivity index (χ0) is 30.1. The van der Waals surface area contributed by atoms with Gasteiger partial charge in [-0.15, -0.1) is 0 Å². The van der Waals surface area contributed by atoms with Crippen LogP contribution in [0.3, 0.4) is 0 Å². The predicted octanol–water partition coefficient (Wildman–Crippen LogP) is 4.39. The second kappa shape index (κ2) is 11.5. The second-order valence-corrected chi connectivity index (χ2v) is 12.1. The van der Waals surface area contributed by atoms with Gasteiger partial charge in [0.2, 0.25) is 5.91 Å². The van der Waals surface area contributed by atoms with E-state index >= 15 is 0 Å². The number of allylic oxidation sites excluding steroid dienone is 2. The molecule has 2 aliphatic rings. The molecule has 1 aromatic heterocycles. The number of H-pyrrole nitrogens is 1. The fourth-order valence-electron chi connectivity index (χ4n) is 4.86. The van der Waals surface area contributed by atoms with Crippen LogP contribution in [0.15, 0.2) is 36.5 Å².